The van der Waals surface area contributed by atoms with E-state index < -0.39 is 0 Å². The van der Waals surface area contributed by atoms with Crippen LogP contribution in [0.5, 0.6) is 5.75 Å². The molecule has 0 fully saturated rings. The van der Waals surface area contributed by atoms with Gasteiger partial charge in [-0.1, -0.05) is 26.0 Å². The molecule has 0 spiro atoms. The Labute approximate surface area is 92.6 Å². The summed E-state index contributed by atoms with van der Waals surface area (Å²) < 4.78 is 5.61. The molecule has 0 radical (unpaired) electrons. The zero-order valence-corrected chi connectivity index (χ0v) is 9.92. The van der Waals surface area contributed by atoms with E-state index in [9.17, 15) is 0 Å². The van der Waals surface area contributed by atoms with Crippen LogP contribution in [0.2, 0.25) is 0 Å². The minimum absolute atomic E-state index is 0.698. The Bertz CT molecular complexity index is 284. The van der Waals surface area contributed by atoms with Crippen LogP contribution in [-0.2, 0) is 0 Å². The third kappa shape index (κ3) is 5.43. The van der Waals surface area contributed by atoms with Crippen molar-refractivity contribution in [2.45, 2.75) is 20.8 Å². The number of hydrogen-bond acceptors (Lipinski definition) is 2. The molecule has 1 aromatic carbocycles. The second kappa shape index (κ2) is 6.46. The summed E-state index contributed by atoms with van der Waals surface area (Å²) in [4.78, 5) is 0. The van der Waals surface area contributed by atoms with Crippen LogP contribution in [0.3, 0.4) is 0 Å². The first kappa shape index (κ1) is 12.1. The van der Waals surface area contributed by atoms with E-state index in [1.807, 2.05) is 12.1 Å². The summed E-state index contributed by atoms with van der Waals surface area (Å²) in [6.45, 7) is 9.17. The maximum absolute atomic E-state index is 5.61. The van der Waals surface area contributed by atoms with Crippen LogP contribution in [0.25, 0.3) is 0 Å². The Hall–Kier alpha value is -1.02. The fourth-order valence-corrected chi connectivity index (χ4v) is 1.34. The molecule has 1 N–H and O–H groups in total. The largest absolute Gasteiger partial charge is 0.492 e. The van der Waals surface area contributed by atoms with Gasteiger partial charge in [-0.05, 0) is 37.1 Å². The Morgan fingerprint density at radius 3 is 2.80 bits per heavy atom. The molecule has 1 rings (SSSR count). The van der Waals surface area contributed by atoms with Crippen LogP contribution in [0.1, 0.15) is 19.4 Å². The Kier molecular flexibility index (Phi) is 5.19. The van der Waals surface area contributed by atoms with Gasteiger partial charge in [-0.2, -0.15) is 0 Å². The lowest BCUT2D eigenvalue weighted by molar-refractivity contribution is 0.311. The summed E-state index contributed by atoms with van der Waals surface area (Å²) in [5.74, 6) is 1.66. The molecule has 0 aliphatic carbocycles. The quantitative estimate of drug-likeness (QED) is 0.724. The van der Waals surface area contributed by atoms with Crippen LogP contribution in [0.15, 0.2) is 24.3 Å². The zero-order chi connectivity index (χ0) is 11.1. The molecule has 0 saturated carbocycles. The fraction of sp³-hybridized carbons (Fsp3) is 0.538. The molecule has 0 unspecified atom stereocenters. The maximum atomic E-state index is 5.61. The molecule has 0 aliphatic heterocycles. The second-order valence-corrected chi connectivity index (χ2v) is 4.26. The molecule has 0 aromatic heterocycles. The van der Waals surface area contributed by atoms with Crippen molar-refractivity contribution >= 4 is 0 Å². The standard InChI is InChI=1S/C13H21NO/c1-11(2)10-14-7-8-15-13-6-4-5-12(3)9-13/h4-6,9,11,14H,7-8,10H2,1-3H3. The Morgan fingerprint density at radius 2 is 2.13 bits per heavy atom. The van der Waals surface area contributed by atoms with Gasteiger partial charge in [-0.25, -0.2) is 0 Å². The molecular formula is C13H21NO. The number of aryl methyl sites for hydroxylation is 1. The smallest absolute Gasteiger partial charge is 0.119 e. The van der Waals surface area contributed by atoms with E-state index in [4.69, 9.17) is 4.74 Å². The highest BCUT2D eigenvalue weighted by molar-refractivity contribution is 5.27. The lowest BCUT2D eigenvalue weighted by atomic mass is 10.2. The molecule has 15 heavy (non-hydrogen) atoms. The zero-order valence-electron chi connectivity index (χ0n) is 9.92. The lowest BCUT2D eigenvalue weighted by Crippen LogP contribution is -2.24. The molecule has 0 saturated heterocycles. The lowest BCUT2D eigenvalue weighted by Gasteiger charge is -2.09. The highest BCUT2D eigenvalue weighted by atomic mass is 16.5. The highest BCUT2D eigenvalue weighted by Gasteiger charge is 1.95. The normalized spacial score (nSPS) is 10.7. The first-order valence-electron chi connectivity index (χ1n) is 5.58. The molecule has 2 heteroatoms. The van der Waals surface area contributed by atoms with E-state index >= 15 is 0 Å². The summed E-state index contributed by atoms with van der Waals surface area (Å²) >= 11 is 0. The fourth-order valence-electron chi connectivity index (χ4n) is 1.34. The third-order valence-electron chi connectivity index (χ3n) is 2.09. The number of nitrogens with one attached hydrogen (secondary N) is 1. The second-order valence-electron chi connectivity index (χ2n) is 4.26. The summed E-state index contributed by atoms with van der Waals surface area (Å²) in [6, 6.07) is 8.15. The van der Waals surface area contributed by atoms with Crippen LogP contribution >= 0.6 is 0 Å². The van der Waals surface area contributed by atoms with Crippen LogP contribution < -0.4 is 10.1 Å². The van der Waals surface area contributed by atoms with Gasteiger partial charge in [0.15, 0.2) is 0 Å². The SMILES string of the molecule is Cc1cccc(OCCNCC(C)C)c1. The van der Waals surface area contributed by atoms with Gasteiger partial charge in [-0.3, -0.25) is 0 Å². The Balaban J connectivity index is 2.15. The molecule has 0 heterocycles. The van der Waals surface area contributed by atoms with E-state index in [2.05, 4.69) is 38.2 Å². The van der Waals surface area contributed by atoms with Gasteiger partial charge in [-0.15, -0.1) is 0 Å². The first-order valence-corrected chi connectivity index (χ1v) is 5.58. The summed E-state index contributed by atoms with van der Waals surface area (Å²) in [7, 11) is 0. The number of ether oxygens (including phenoxy) is 1. The predicted octanol–water partition coefficient (Wildman–Crippen LogP) is 2.62. The third-order valence-corrected chi connectivity index (χ3v) is 2.09. The van der Waals surface area contributed by atoms with E-state index in [0.717, 1.165) is 25.4 Å². The maximum Gasteiger partial charge on any atom is 0.119 e. The first-order chi connectivity index (χ1) is 7.18. The van der Waals surface area contributed by atoms with Crippen molar-refractivity contribution in [3.05, 3.63) is 29.8 Å². The molecule has 84 valence electrons. The molecule has 0 atom stereocenters. The van der Waals surface area contributed by atoms with Crippen LogP contribution in [-0.4, -0.2) is 19.7 Å². The van der Waals surface area contributed by atoms with Crippen molar-refractivity contribution in [3.63, 3.8) is 0 Å². The average molecular weight is 207 g/mol. The summed E-state index contributed by atoms with van der Waals surface area (Å²) in [6.07, 6.45) is 0. The minimum atomic E-state index is 0.698. The van der Waals surface area contributed by atoms with Crippen molar-refractivity contribution in [3.8, 4) is 5.75 Å². The highest BCUT2D eigenvalue weighted by Crippen LogP contribution is 2.11. The van der Waals surface area contributed by atoms with Gasteiger partial charge in [0.25, 0.3) is 0 Å². The number of benzene rings is 1. The van der Waals surface area contributed by atoms with Gasteiger partial charge in [0.2, 0.25) is 0 Å². The van der Waals surface area contributed by atoms with E-state index in [1.54, 1.807) is 0 Å². The van der Waals surface area contributed by atoms with Gasteiger partial charge in [0.1, 0.15) is 12.4 Å². The summed E-state index contributed by atoms with van der Waals surface area (Å²) in [5, 5.41) is 3.34. The Morgan fingerprint density at radius 1 is 1.33 bits per heavy atom. The van der Waals surface area contributed by atoms with Gasteiger partial charge < -0.3 is 10.1 Å². The molecule has 1 aromatic rings. The molecule has 0 bridgehead atoms. The van der Waals surface area contributed by atoms with E-state index in [1.165, 1.54) is 5.56 Å². The minimum Gasteiger partial charge on any atom is -0.492 e. The predicted molar refractivity (Wildman–Crippen MR) is 64.4 cm³/mol. The molecule has 0 amide bonds. The van der Waals surface area contributed by atoms with E-state index in [-0.39, 0.29) is 0 Å². The van der Waals surface area contributed by atoms with Crippen LogP contribution in [0, 0.1) is 12.8 Å². The van der Waals surface area contributed by atoms with Crippen molar-refractivity contribution in [2.75, 3.05) is 19.7 Å². The van der Waals surface area contributed by atoms with Gasteiger partial charge >= 0.3 is 0 Å². The van der Waals surface area contributed by atoms with Crippen LogP contribution in [0.4, 0.5) is 0 Å². The van der Waals surface area contributed by atoms with Crippen molar-refractivity contribution in [2.24, 2.45) is 5.92 Å². The summed E-state index contributed by atoms with van der Waals surface area (Å²) in [5.41, 5.74) is 1.24. The van der Waals surface area contributed by atoms with Crippen molar-refractivity contribution < 1.29 is 4.74 Å². The molecule has 0 aliphatic rings. The van der Waals surface area contributed by atoms with Crippen molar-refractivity contribution in [1.29, 1.82) is 0 Å². The average Bonchev–Trinajstić information content (AvgIpc) is 2.17. The topological polar surface area (TPSA) is 21.3 Å². The van der Waals surface area contributed by atoms with E-state index in [0.29, 0.717) is 5.92 Å². The monoisotopic (exact) mass is 207 g/mol. The number of hydrogen-bond donors (Lipinski definition) is 1. The van der Waals surface area contributed by atoms with Crippen molar-refractivity contribution in [1.82, 2.24) is 5.32 Å². The van der Waals surface area contributed by atoms with Gasteiger partial charge in [0.05, 0.1) is 0 Å². The van der Waals surface area contributed by atoms with Gasteiger partial charge in [0, 0.05) is 6.54 Å². The number of rotatable bonds is 6. The molecule has 2 nitrogen and oxygen atoms in total. The molecular weight excluding hydrogens is 186 g/mol.